The lowest BCUT2D eigenvalue weighted by Crippen LogP contribution is -2.55. The molecule has 0 aliphatic rings. The highest BCUT2D eigenvalue weighted by Crippen LogP contribution is 2.21. The number of hydrogen-bond donors (Lipinski definition) is 1. The molecule has 0 aromatic heterocycles. The maximum Gasteiger partial charge on any atom is 0.244 e. The molecular weight excluding hydrogens is 565 g/mol. The van der Waals surface area contributed by atoms with E-state index >= 15 is 0 Å². The molecule has 0 saturated heterocycles. The van der Waals surface area contributed by atoms with E-state index in [2.05, 4.69) is 27.9 Å². The minimum absolute atomic E-state index is 0.194. The van der Waals surface area contributed by atoms with Crippen LogP contribution in [0.25, 0.3) is 0 Å². The standard InChI is InChI=1S/C25H34IN3O4S/c1-7-22(24(31)27-25(3,4)5)28(16-19-10-8-18(2)9-11-19)23(30)17-29(34(6,32)33)21-14-12-20(26)13-15-21/h8-15,22H,7,16-17H2,1-6H3,(H,27,31)/t22-/m0/s1. The second-order valence-electron chi connectivity index (χ2n) is 9.42. The molecule has 0 saturated carbocycles. The zero-order chi connectivity index (χ0) is 25.7. The van der Waals surface area contributed by atoms with E-state index in [9.17, 15) is 18.0 Å². The highest BCUT2D eigenvalue weighted by molar-refractivity contribution is 14.1. The Labute approximate surface area is 217 Å². The first-order valence-electron chi connectivity index (χ1n) is 11.1. The molecule has 2 rings (SSSR count). The van der Waals surface area contributed by atoms with Gasteiger partial charge in [-0.2, -0.15) is 0 Å². The molecule has 0 heterocycles. The van der Waals surface area contributed by atoms with E-state index in [0.29, 0.717) is 12.1 Å². The number of halogens is 1. The summed E-state index contributed by atoms with van der Waals surface area (Å²) >= 11 is 2.14. The number of benzene rings is 2. The van der Waals surface area contributed by atoms with Crippen LogP contribution >= 0.6 is 22.6 Å². The van der Waals surface area contributed by atoms with E-state index in [1.165, 1.54) is 4.90 Å². The lowest BCUT2D eigenvalue weighted by molar-refractivity contribution is -0.141. The van der Waals surface area contributed by atoms with Crippen molar-refractivity contribution in [1.82, 2.24) is 10.2 Å². The average molecular weight is 600 g/mol. The molecule has 0 bridgehead atoms. The molecule has 34 heavy (non-hydrogen) atoms. The maximum atomic E-state index is 13.6. The minimum Gasteiger partial charge on any atom is -0.350 e. The number of amides is 2. The number of hydrogen-bond acceptors (Lipinski definition) is 4. The van der Waals surface area contributed by atoms with E-state index in [1.54, 1.807) is 24.3 Å². The van der Waals surface area contributed by atoms with Gasteiger partial charge in [0.1, 0.15) is 12.6 Å². The first-order valence-corrected chi connectivity index (χ1v) is 14.0. The van der Waals surface area contributed by atoms with Crippen molar-refractivity contribution in [3.8, 4) is 0 Å². The number of nitrogens with zero attached hydrogens (tertiary/aromatic N) is 2. The molecule has 2 aromatic carbocycles. The monoisotopic (exact) mass is 599 g/mol. The van der Waals surface area contributed by atoms with Crippen molar-refractivity contribution in [3.05, 3.63) is 63.2 Å². The molecule has 0 aliphatic heterocycles. The molecule has 186 valence electrons. The molecule has 0 fully saturated rings. The van der Waals surface area contributed by atoms with Gasteiger partial charge in [0.15, 0.2) is 0 Å². The van der Waals surface area contributed by atoms with Crippen molar-refractivity contribution < 1.29 is 18.0 Å². The highest BCUT2D eigenvalue weighted by Gasteiger charge is 2.33. The second kappa shape index (κ2) is 11.5. The molecular formula is C25H34IN3O4S. The molecule has 2 amide bonds. The average Bonchev–Trinajstić information content (AvgIpc) is 2.72. The van der Waals surface area contributed by atoms with Crippen LogP contribution in [0.15, 0.2) is 48.5 Å². The third-order valence-electron chi connectivity index (χ3n) is 5.15. The molecule has 0 unspecified atom stereocenters. The van der Waals surface area contributed by atoms with Gasteiger partial charge in [0.05, 0.1) is 11.9 Å². The fraction of sp³-hybridized carbons (Fsp3) is 0.440. The van der Waals surface area contributed by atoms with Crippen molar-refractivity contribution in [2.45, 2.75) is 59.2 Å². The van der Waals surface area contributed by atoms with E-state index in [4.69, 9.17) is 0 Å². The van der Waals surface area contributed by atoms with Crippen LogP contribution in [0.1, 0.15) is 45.2 Å². The number of nitrogens with one attached hydrogen (secondary N) is 1. The molecule has 2 aromatic rings. The van der Waals surface area contributed by atoms with Gasteiger partial charge in [0.2, 0.25) is 21.8 Å². The number of sulfonamides is 1. The number of anilines is 1. The Bertz CT molecular complexity index is 1090. The third-order valence-corrected chi connectivity index (χ3v) is 7.01. The van der Waals surface area contributed by atoms with E-state index < -0.39 is 34.1 Å². The van der Waals surface area contributed by atoms with E-state index in [-0.39, 0.29) is 12.5 Å². The maximum absolute atomic E-state index is 13.6. The first-order chi connectivity index (χ1) is 15.7. The molecule has 0 aliphatic carbocycles. The fourth-order valence-electron chi connectivity index (χ4n) is 3.48. The Balaban J connectivity index is 2.43. The summed E-state index contributed by atoms with van der Waals surface area (Å²) in [5.74, 6) is -0.712. The fourth-order valence-corrected chi connectivity index (χ4v) is 4.69. The molecule has 1 atom stereocenters. The van der Waals surface area contributed by atoms with Crippen molar-refractivity contribution in [2.24, 2.45) is 0 Å². The summed E-state index contributed by atoms with van der Waals surface area (Å²) in [6, 6.07) is 13.9. The van der Waals surface area contributed by atoms with Crippen LogP contribution in [0.3, 0.4) is 0 Å². The lowest BCUT2D eigenvalue weighted by Gasteiger charge is -2.34. The SMILES string of the molecule is CC[C@@H](C(=O)NC(C)(C)C)N(Cc1ccc(C)cc1)C(=O)CN(c1ccc(I)cc1)S(C)(=O)=O. The Morgan fingerprint density at radius 2 is 1.59 bits per heavy atom. The number of rotatable bonds is 9. The van der Waals surface area contributed by atoms with Gasteiger partial charge in [0, 0.05) is 15.7 Å². The van der Waals surface area contributed by atoms with Crippen molar-refractivity contribution in [2.75, 3.05) is 17.1 Å². The quantitative estimate of drug-likeness (QED) is 0.441. The second-order valence-corrected chi connectivity index (χ2v) is 12.6. The smallest absolute Gasteiger partial charge is 0.244 e. The van der Waals surface area contributed by atoms with Crippen LogP contribution in [0.5, 0.6) is 0 Å². The Hall–Kier alpha value is -2.14. The summed E-state index contributed by atoms with van der Waals surface area (Å²) in [5.41, 5.74) is 1.88. The third kappa shape index (κ3) is 8.26. The van der Waals surface area contributed by atoms with E-state index in [1.807, 2.05) is 58.9 Å². The summed E-state index contributed by atoms with van der Waals surface area (Å²) < 4.78 is 27.2. The molecule has 7 nitrogen and oxygen atoms in total. The molecule has 9 heteroatoms. The van der Waals surface area contributed by atoms with Crippen LogP contribution in [0.4, 0.5) is 5.69 Å². The summed E-state index contributed by atoms with van der Waals surface area (Å²) in [5, 5.41) is 2.96. The summed E-state index contributed by atoms with van der Waals surface area (Å²) in [7, 11) is -3.74. The zero-order valence-corrected chi connectivity index (χ0v) is 23.6. The van der Waals surface area contributed by atoms with Gasteiger partial charge >= 0.3 is 0 Å². The molecule has 0 radical (unpaired) electrons. The van der Waals surface area contributed by atoms with Gasteiger partial charge in [-0.25, -0.2) is 8.42 Å². The Morgan fingerprint density at radius 1 is 1.03 bits per heavy atom. The van der Waals surface area contributed by atoms with Crippen LogP contribution in [-0.4, -0.2) is 49.5 Å². The topological polar surface area (TPSA) is 86.8 Å². The van der Waals surface area contributed by atoms with Gasteiger partial charge < -0.3 is 10.2 Å². The first kappa shape index (κ1) is 28.1. The minimum atomic E-state index is -3.74. The van der Waals surface area contributed by atoms with Crippen LogP contribution in [0, 0.1) is 10.5 Å². The van der Waals surface area contributed by atoms with Crippen molar-refractivity contribution in [1.29, 1.82) is 0 Å². The van der Waals surface area contributed by atoms with Gasteiger partial charge in [-0.1, -0.05) is 36.8 Å². The van der Waals surface area contributed by atoms with Crippen molar-refractivity contribution >= 4 is 50.1 Å². The van der Waals surface area contributed by atoms with Crippen LogP contribution in [-0.2, 0) is 26.2 Å². The van der Waals surface area contributed by atoms with Gasteiger partial charge in [-0.15, -0.1) is 0 Å². The predicted molar refractivity (Wildman–Crippen MR) is 145 cm³/mol. The highest BCUT2D eigenvalue weighted by atomic mass is 127. The Morgan fingerprint density at radius 3 is 2.06 bits per heavy atom. The Kier molecular flexibility index (Phi) is 9.53. The largest absolute Gasteiger partial charge is 0.350 e. The predicted octanol–water partition coefficient (Wildman–Crippen LogP) is 4.09. The summed E-state index contributed by atoms with van der Waals surface area (Å²) in [6.45, 7) is 9.26. The van der Waals surface area contributed by atoms with E-state index in [0.717, 1.165) is 25.3 Å². The summed E-state index contributed by atoms with van der Waals surface area (Å²) in [4.78, 5) is 28.2. The van der Waals surface area contributed by atoms with Crippen LogP contribution < -0.4 is 9.62 Å². The van der Waals surface area contributed by atoms with Gasteiger partial charge in [0.25, 0.3) is 0 Å². The lowest BCUT2D eigenvalue weighted by atomic mass is 10.1. The molecule has 0 spiro atoms. The normalized spacial score (nSPS) is 12.7. The number of carbonyl (C=O) groups excluding carboxylic acids is 2. The van der Waals surface area contributed by atoms with Crippen molar-refractivity contribution in [3.63, 3.8) is 0 Å². The molecule has 1 N–H and O–H groups in total. The summed E-state index contributed by atoms with van der Waals surface area (Å²) in [6.07, 6.45) is 1.47. The number of aryl methyl sites for hydroxylation is 1. The number of carbonyl (C=O) groups is 2. The van der Waals surface area contributed by atoms with Gasteiger partial charge in [-0.05, 0) is 86.5 Å². The zero-order valence-electron chi connectivity index (χ0n) is 20.6. The van der Waals surface area contributed by atoms with Gasteiger partial charge in [-0.3, -0.25) is 13.9 Å². The van der Waals surface area contributed by atoms with Crippen LogP contribution in [0.2, 0.25) is 0 Å².